The molecule has 112 valence electrons. The van der Waals surface area contributed by atoms with Crippen LogP contribution in [0.1, 0.15) is 78.1 Å². The summed E-state index contributed by atoms with van der Waals surface area (Å²) in [4.78, 5) is 12.6. The standard InChI is InChI=1S/C17H33NO/c1-3-5-7-8-10-15(9-6-4-2)17(19)16-11-13-18-14-12-16/h15-16,18H,3-14H2,1-2H3. The number of nitrogens with one attached hydrogen (secondary N) is 1. The summed E-state index contributed by atoms with van der Waals surface area (Å²) >= 11 is 0. The second kappa shape index (κ2) is 10.4. The highest BCUT2D eigenvalue weighted by Gasteiger charge is 2.27. The van der Waals surface area contributed by atoms with Crippen LogP contribution in [-0.4, -0.2) is 18.9 Å². The molecule has 0 aromatic rings. The number of hydrogen-bond acceptors (Lipinski definition) is 2. The summed E-state index contributed by atoms with van der Waals surface area (Å²) in [6, 6.07) is 0. The Hall–Kier alpha value is -0.370. The first-order valence-corrected chi connectivity index (χ1v) is 8.54. The van der Waals surface area contributed by atoms with Gasteiger partial charge in [0.2, 0.25) is 0 Å². The third-order valence-electron chi connectivity index (χ3n) is 4.46. The molecule has 0 radical (unpaired) electrons. The van der Waals surface area contributed by atoms with Crippen molar-refractivity contribution in [3.05, 3.63) is 0 Å². The highest BCUT2D eigenvalue weighted by atomic mass is 16.1. The zero-order valence-corrected chi connectivity index (χ0v) is 13.0. The van der Waals surface area contributed by atoms with Crippen molar-refractivity contribution in [1.29, 1.82) is 0 Å². The molecule has 2 heteroatoms. The van der Waals surface area contributed by atoms with Crippen LogP contribution in [0.2, 0.25) is 0 Å². The fourth-order valence-electron chi connectivity index (χ4n) is 3.14. The van der Waals surface area contributed by atoms with E-state index in [1.165, 1.54) is 38.5 Å². The van der Waals surface area contributed by atoms with Crippen molar-refractivity contribution in [3.8, 4) is 0 Å². The van der Waals surface area contributed by atoms with Gasteiger partial charge in [-0.05, 0) is 38.8 Å². The molecule has 0 bridgehead atoms. The number of piperidine rings is 1. The quantitative estimate of drug-likeness (QED) is 0.597. The molecular formula is C17H33NO. The monoisotopic (exact) mass is 267 g/mol. The van der Waals surface area contributed by atoms with Crippen LogP contribution in [0.5, 0.6) is 0 Å². The van der Waals surface area contributed by atoms with Gasteiger partial charge in [0.25, 0.3) is 0 Å². The Morgan fingerprint density at radius 3 is 2.26 bits per heavy atom. The number of unbranched alkanes of at least 4 members (excludes halogenated alkanes) is 4. The summed E-state index contributed by atoms with van der Waals surface area (Å²) in [6.07, 6.45) is 12.0. The van der Waals surface area contributed by atoms with Gasteiger partial charge in [0.15, 0.2) is 0 Å². The molecule has 0 amide bonds. The molecule has 0 spiro atoms. The third kappa shape index (κ3) is 6.56. The van der Waals surface area contributed by atoms with E-state index in [-0.39, 0.29) is 0 Å². The number of rotatable bonds is 10. The van der Waals surface area contributed by atoms with E-state index in [1.807, 2.05) is 0 Å². The topological polar surface area (TPSA) is 29.1 Å². The van der Waals surface area contributed by atoms with Crippen LogP contribution in [0.3, 0.4) is 0 Å². The Labute approximate surface area is 119 Å². The van der Waals surface area contributed by atoms with E-state index in [4.69, 9.17) is 0 Å². The maximum Gasteiger partial charge on any atom is 0.139 e. The number of hydrogen-bond donors (Lipinski definition) is 1. The molecule has 1 unspecified atom stereocenters. The molecule has 1 heterocycles. The van der Waals surface area contributed by atoms with E-state index in [0.717, 1.165) is 38.8 Å². The minimum Gasteiger partial charge on any atom is -0.317 e. The van der Waals surface area contributed by atoms with Crippen LogP contribution < -0.4 is 5.32 Å². The van der Waals surface area contributed by atoms with E-state index < -0.39 is 0 Å². The molecular weight excluding hydrogens is 234 g/mol. The average molecular weight is 267 g/mol. The van der Waals surface area contributed by atoms with Gasteiger partial charge in [-0.3, -0.25) is 4.79 Å². The van der Waals surface area contributed by atoms with Gasteiger partial charge < -0.3 is 5.32 Å². The molecule has 2 nitrogen and oxygen atoms in total. The maximum atomic E-state index is 12.6. The highest BCUT2D eigenvalue weighted by molar-refractivity contribution is 5.83. The summed E-state index contributed by atoms with van der Waals surface area (Å²) in [5.41, 5.74) is 0. The molecule has 0 aromatic heterocycles. The molecule has 1 N–H and O–H groups in total. The minimum absolute atomic E-state index is 0.356. The number of ketones is 1. The lowest BCUT2D eigenvalue weighted by Gasteiger charge is -2.26. The van der Waals surface area contributed by atoms with Crippen LogP contribution in [0.25, 0.3) is 0 Å². The summed E-state index contributed by atoms with van der Waals surface area (Å²) in [7, 11) is 0. The zero-order valence-electron chi connectivity index (χ0n) is 13.0. The largest absolute Gasteiger partial charge is 0.317 e. The SMILES string of the molecule is CCCCCCC(CCCC)C(=O)C1CCNCC1. The predicted molar refractivity (Wildman–Crippen MR) is 82.4 cm³/mol. The Morgan fingerprint density at radius 1 is 1.00 bits per heavy atom. The maximum absolute atomic E-state index is 12.6. The van der Waals surface area contributed by atoms with Crippen LogP contribution >= 0.6 is 0 Å². The van der Waals surface area contributed by atoms with Crippen molar-refractivity contribution in [1.82, 2.24) is 5.32 Å². The fraction of sp³-hybridized carbons (Fsp3) is 0.941. The van der Waals surface area contributed by atoms with E-state index >= 15 is 0 Å². The van der Waals surface area contributed by atoms with Crippen molar-refractivity contribution in [3.63, 3.8) is 0 Å². The molecule has 0 saturated carbocycles. The smallest absolute Gasteiger partial charge is 0.139 e. The molecule has 1 aliphatic rings. The summed E-state index contributed by atoms with van der Waals surface area (Å²) < 4.78 is 0. The van der Waals surface area contributed by atoms with Gasteiger partial charge >= 0.3 is 0 Å². The van der Waals surface area contributed by atoms with Gasteiger partial charge in [-0.2, -0.15) is 0 Å². The highest BCUT2D eigenvalue weighted by Crippen LogP contribution is 2.25. The average Bonchev–Trinajstić information content (AvgIpc) is 2.47. The lowest BCUT2D eigenvalue weighted by Crippen LogP contribution is -2.34. The van der Waals surface area contributed by atoms with E-state index in [9.17, 15) is 4.79 Å². The first-order chi connectivity index (χ1) is 9.29. The Morgan fingerprint density at radius 2 is 1.63 bits per heavy atom. The van der Waals surface area contributed by atoms with Crippen molar-refractivity contribution >= 4 is 5.78 Å². The third-order valence-corrected chi connectivity index (χ3v) is 4.46. The van der Waals surface area contributed by atoms with Gasteiger partial charge in [-0.25, -0.2) is 0 Å². The Bertz CT molecular complexity index is 233. The molecule has 1 fully saturated rings. The molecule has 1 aliphatic heterocycles. The van der Waals surface area contributed by atoms with E-state index in [0.29, 0.717) is 17.6 Å². The summed E-state index contributed by atoms with van der Waals surface area (Å²) in [5.74, 6) is 1.31. The van der Waals surface area contributed by atoms with Crippen LogP contribution in [0, 0.1) is 11.8 Å². The van der Waals surface area contributed by atoms with Crippen LogP contribution in [0.4, 0.5) is 0 Å². The molecule has 1 atom stereocenters. The Kier molecular flexibility index (Phi) is 9.15. The molecule has 0 aromatic carbocycles. The van der Waals surface area contributed by atoms with Gasteiger partial charge in [0.1, 0.15) is 5.78 Å². The molecule has 1 rings (SSSR count). The number of carbonyl (C=O) groups is 1. The van der Waals surface area contributed by atoms with Crippen LogP contribution in [0.15, 0.2) is 0 Å². The van der Waals surface area contributed by atoms with Gasteiger partial charge in [0.05, 0.1) is 0 Å². The fourth-order valence-corrected chi connectivity index (χ4v) is 3.14. The first kappa shape index (κ1) is 16.7. The van der Waals surface area contributed by atoms with Crippen molar-refractivity contribution in [2.24, 2.45) is 11.8 Å². The van der Waals surface area contributed by atoms with E-state index in [1.54, 1.807) is 0 Å². The minimum atomic E-state index is 0.356. The normalized spacial score (nSPS) is 18.4. The second-order valence-electron chi connectivity index (χ2n) is 6.12. The number of carbonyl (C=O) groups excluding carboxylic acids is 1. The summed E-state index contributed by atoms with van der Waals surface area (Å²) in [5, 5.41) is 3.36. The molecule has 0 aliphatic carbocycles. The zero-order chi connectivity index (χ0) is 13.9. The Balaban J connectivity index is 2.38. The molecule has 1 saturated heterocycles. The van der Waals surface area contributed by atoms with Crippen molar-refractivity contribution in [2.75, 3.05) is 13.1 Å². The first-order valence-electron chi connectivity index (χ1n) is 8.54. The van der Waals surface area contributed by atoms with Gasteiger partial charge in [0, 0.05) is 11.8 Å². The molecule has 19 heavy (non-hydrogen) atoms. The number of Topliss-reactive ketones (excluding diaryl/α,β-unsaturated/α-hetero) is 1. The lowest BCUT2D eigenvalue weighted by atomic mass is 9.81. The van der Waals surface area contributed by atoms with Crippen molar-refractivity contribution in [2.45, 2.75) is 78.1 Å². The summed E-state index contributed by atoms with van der Waals surface area (Å²) in [6.45, 7) is 6.54. The van der Waals surface area contributed by atoms with Crippen molar-refractivity contribution < 1.29 is 4.79 Å². The van der Waals surface area contributed by atoms with Crippen LogP contribution in [-0.2, 0) is 4.79 Å². The van der Waals surface area contributed by atoms with Gasteiger partial charge in [-0.1, -0.05) is 52.4 Å². The predicted octanol–water partition coefficient (Wildman–Crippen LogP) is 4.33. The van der Waals surface area contributed by atoms with E-state index in [2.05, 4.69) is 19.2 Å². The lowest BCUT2D eigenvalue weighted by molar-refractivity contribution is -0.128. The second-order valence-corrected chi connectivity index (χ2v) is 6.12. The van der Waals surface area contributed by atoms with Gasteiger partial charge in [-0.15, -0.1) is 0 Å².